The van der Waals surface area contributed by atoms with Gasteiger partial charge in [-0.2, -0.15) is 0 Å². The van der Waals surface area contributed by atoms with Crippen LogP contribution in [0, 0.1) is 0 Å². The first-order chi connectivity index (χ1) is 13.6. The summed E-state index contributed by atoms with van der Waals surface area (Å²) in [7, 11) is 1.57. The normalized spacial score (nSPS) is 10.5. The second kappa shape index (κ2) is 9.04. The summed E-state index contributed by atoms with van der Waals surface area (Å²) in [4.78, 5) is 26.6. The zero-order valence-electron chi connectivity index (χ0n) is 16.1. The van der Waals surface area contributed by atoms with Crippen LogP contribution in [-0.4, -0.2) is 36.9 Å². The molecular weight excluding hydrogens is 352 g/mol. The van der Waals surface area contributed by atoms with Gasteiger partial charge in [-0.15, -0.1) is 0 Å². The molecule has 3 rings (SSSR count). The van der Waals surface area contributed by atoms with Gasteiger partial charge in [0.05, 0.1) is 20.1 Å². The monoisotopic (exact) mass is 376 g/mol. The quantitative estimate of drug-likeness (QED) is 0.681. The predicted octanol–water partition coefficient (Wildman–Crippen LogP) is 3.88. The lowest BCUT2D eigenvalue weighted by molar-refractivity contribution is -0.133. The lowest BCUT2D eigenvalue weighted by Crippen LogP contribution is -2.38. The van der Waals surface area contributed by atoms with Crippen molar-refractivity contribution >= 4 is 28.3 Å². The molecule has 5 nitrogen and oxygen atoms in total. The van der Waals surface area contributed by atoms with Gasteiger partial charge in [0.15, 0.2) is 0 Å². The van der Waals surface area contributed by atoms with E-state index >= 15 is 0 Å². The van der Waals surface area contributed by atoms with Crippen LogP contribution in [0.4, 0.5) is 5.69 Å². The molecular formula is C23H24N2O3. The highest BCUT2D eigenvalue weighted by atomic mass is 16.5. The van der Waals surface area contributed by atoms with Gasteiger partial charge >= 0.3 is 0 Å². The second-order valence-electron chi connectivity index (χ2n) is 6.55. The molecule has 0 heterocycles. The van der Waals surface area contributed by atoms with Gasteiger partial charge in [-0.25, -0.2) is 0 Å². The maximum Gasteiger partial charge on any atom is 0.243 e. The Balaban J connectivity index is 1.62. The molecule has 0 spiro atoms. The molecule has 2 amide bonds. The van der Waals surface area contributed by atoms with Gasteiger partial charge in [-0.1, -0.05) is 48.5 Å². The minimum absolute atomic E-state index is 0.0140. The van der Waals surface area contributed by atoms with E-state index in [-0.39, 0.29) is 24.8 Å². The van der Waals surface area contributed by atoms with Gasteiger partial charge in [0.1, 0.15) is 5.75 Å². The van der Waals surface area contributed by atoms with Gasteiger partial charge in [0.2, 0.25) is 11.8 Å². The van der Waals surface area contributed by atoms with Gasteiger partial charge in [0.25, 0.3) is 0 Å². The van der Waals surface area contributed by atoms with Crippen molar-refractivity contribution in [1.82, 2.24) is 4.90 Å². The number of methoxy groups -OCH3 is 1. The number of benzene rings is 3. The van der Waals surface area contributed by atoms with Crippen LogP contribution < -0.4 is 10.1 Å². The summed E-state index contributed by atoms with van der Waals surface area (Å²) in [5.41, 5.74) is 1.58. The lowest BCUT2D eigenvalue weighted by atomic mass is 10.0. The average molecular weight is 376 g/mol. The number of nitrogens with one attached hydrogen (secondary N) is 1. The summed E-state index contributed by atoms with van der Waals surface area (Å²) in [5, 5.41) is 5.06. The Morgan fingerprint density at radius 2 is 1.75 bits per heavy atom. The topological polar surface area (TPSA) is 58.6 Å². The maximum absolute atomic E-state index is 12.7. The molecule has 144 valence electrons. The second-order valence-corrected chi connectivity index (χ2v) is 6.55. The number of hydrogen-bond acceptors (Lipinski definition) is 3. The Labute approximate surface area is 164 Å². The number of ether oxygens (including phenoxy) is 1. The molecule has 0 saturated carbocycles. The lowest BCUT2D eigenvalue weighted by Gasteiger charge is -2.20. The SMILES string of the molecule is CCN(CC(=O)Nc1cccc(OC)c1)C(=O)Cc1ccc2ccccc2c1. The van der Waals surface area contributed by atoms with Gasteiger partial charge < -0.3 is 15.0 Å². The van der Waals surface area contributed by atoms with Crippen molar-refractivity contribution in [2.45, 2.75) is 13.3 Å². The number of likely N-dealkylation sites (N-methyl/N-ethyl adjacent to an activating group) is 1. The van der Waals surface area contributed by atoms with Crippen LogP contribution in [0.5, 0.6) is 5.75 Å². The molecule has 28 heavy (non-hydrogen) atoms. The maximum atomic E-state index is 12.7. The van der Waals surface area contributed by atoms with Crippen LogP contribution in [0.25, 0.3) is 10.8 Å². The summed E-state index contributed by atoms with van der Waals surface area (Å²) in [6.07, 6.45) is 0.269. The highest BCUT2D eigenvalue weighted by molar-refractivity contribution is 5.95. The van der Waals surface area contributed by atoms with E-state index in [0.717, 1.165) is 16.3 Å². The molecule has 0 aliphatic carbocycles. The van der Waals surface area contributed by atoms with Crippen LogP contribution in [0.3, 0.4) is 0 Å². The van der Waals surface area contributed by atoms with Crippen molar-refractivity contribution in [3.05, 3.63) is 72.3 Å². The first-order valence-electron chi connectivity index (χ1n) is 9.28. The van der Waals surface area contributed by atoms with E-state index in [1.54, 1.807) is 36.3 Å². The number of hydrogen-bond donors (Lipinski definition) is 1. The minimum Gasteiger partial charge on any atom is -0.497 e. The molecule has 0 bridgehead atoms. The van der Waals surface area contributed by atoms with E-state index in [4.69, 9.17) is 4.74 Å². The van der Waals surface area contributed by atoms with Crippen molar-refractivity contribution in [3.63, 3.8) is 0 Å². The fourth-order valence-electron chi connectivity index (χ4n) is 3.09. The summed E-state index contributed by atoms with van der Waals surface area (Å²) in [5.74, 6) is 0.359. The number of rotatable bonds is 7. The zero-order valence-corrected chi connectivity index (χ0v) is 16.1. The molecule has 0 unspecified atom stereocenters. The highest BCUT2D eigenvalue weighted by Gasteiger charge is 2.16. The molecule has 0 atom stereocenters. The Kier molecular flexibility index (Phi) is 6.27. The number of anilines is 1. The first-order valence-corrected chi connectivity index (χ1v) is 9.28. The Morgan fingerprint density at radius 1 is 0.964 bits per heavy atom. The summed E-state index contributed by atoms with van der Waals surface area (Å²) in [6.45, 7) is 2.36. The molecule has 0 aliphatic rings. The van der Waals surface area contributed by atoms with Crippen molar-refractivity contribution in [1.29, 1.82) is 0 Å². The average Bonchev–Trinajstić information content (AvgIpc) is 2.72. The Morgan fingerprint density at radius 3 is 2.50 bits per heavy atom. The Hall–Kier alpha value is -3.34. The van der Waals surface area contributed by atoms with Crippen molar-refractivity contribution < 1.29 is 14.3 Å². The van der Waals surface area contributed by atoms with Crippen molar-refractivity contribution in [3.8, 4) is 5.75 Å². The van der Waals surface area contributed by atoms with E-state index < -0.39 is 0 Å². The van der Waals surface area contributed by atoms with Gasteiger partial charge in [-0.05, 0) is 35.4 Å². The van der Waals surface area contributed by atoms with Crippen LogP contribution >= 0.6 is 0 Å². The molecule has 0 aliphatic heterocycles. The molecule has 0 saturated heterocycles. The third kappa shape index (κ3) is 4.88. The Bertz CT molecular complexity index is 984. The molecule has 3 aromatic carbocycles. The highest BCUT2D eigenvalue weighted by Crippen LogP contribution is 2.18. The number of carbonyl (C=O) groups is 2. The number of nitrogens with zero attached hydrogens (tertiary/aromatic N) is 1. The number of amides is 2. The predicted molar refractivity (Wildman–Crippen MR) is 112 cm³/mol. The standard InChI is InChI=1S/C23H24N2O3/c1-3-25(16-22(26)24-20-9-6-10-21(15-20)28-2)23(27)14-17-11-12-18-7-4-5-8-19(18)13-17/h4-13,15H,3,14,16H2,1-2H3,(H,24,26). The number of fused-ring (bicyclic) bond motifs is 1. The minimum atomic E-state index is -0.234. The fourth-order valence-corrected chi connectivity index (χ4v) is 3.09. The van der Waals surface area contributed by atoms with E-state index in [2.05, 4.69) is 5.32 Å². The first kappa shape index (κ1) is 19.4. The van der Waals surface area contributed by atoms with Crippen LogP contribution in [0.15, 0.2) is 66.7 Å². The van der Waals surface area contributed by atoms with Gasteiger partial charge in [-0.3, -0.25) is 9.59 Å². The molecule has 0 fully saturated rings. The van der Waals surface area contributed by atoms with E-state index in [1.807, 2.05) is 49.4 Å². The van der Waals surface area contributed by atoms with E-state index in [0.29, 0.717) is 18.0 Å². The largest absolute Gasteiger partial charge is 0.497 e. The fraction of sp³-hybridized carbons (Fsp3) is 0.217. The van der Waals surface area contributed by atoms with Gasteiger partial charge in [0, 0.05) is 18.3 Å². The zero-order chi connectivity index (χ0) is 19.9. The molecule has 0 radical (unpaired) electrons. The molecule has 5 heteroatoms. The van der Waals surface area contributed by atoms with E-state index in [9.17, 15) is 9.59 Å². The third-order valence-corrected chi connectivity index (χ3v) is 4.59. The smallest absolute Gasteiger partial charge is 0.243 e. The third-order valence-electron chi connectivity index (χ3n) is 4.59. The van der Waals surface area contributed by atoms with Crippen LogP contribution in [-0.2, 0) is 16.0 Å². The summed E-state index contributed by atoms with van der Waals surface area (Å²) >= 11 is 0. The summed E-state index contributed by atoms with van der Waals surface area (Å²) < 4.78 is 5.16. The van der Waals surface area contributed by atoms with Crippen LogP contribution in [0.2, 0.25) is 0 Å². The molecule has 1 N–H and O–H groups in total. The van der Waals surface area contributed by atoms with Crippen molar-refractivity contribution in [2.24, 2.45) is 0 Å². The molecule has 3 aromatic rings. The van der Waals surface area contributed by atoms with E-state index in [1.165, 1.54) is 0 Å². The van der Waals surface area contributed by atoms with Crippen LogP contribution in [0.1, 0.15) is 12.5 Å². The summed E-state index contributed by atoms with van der Waals surface area (Å²) in [6, 6.07) is 21.2. The molecule has 0 aromatic heterocycles. The van der Waals surface area contributed by atoms with Crippen molar-refractivity contribution in [2.75, 3.05) is 25.5 Å². The number of carbonyl (C=O) groups excluding carboxylic acids is 2.